The van der Waals surface area contributed by atoms with Crippen LogP contribution in [0.25, 0.3) is 0 Å². The van der Waals surface area contributed by atoms with Crippen LogP contribution in [0.4, 0.5) is 0 Å². The predicted molar refractivity (Wildman–Crippen MR) is 119 cm³/mol. The SMILES string of the molecule is c1csc(CNC2C3CCN(CC3)C2Cc2ccccc2C2CCCCC2)c1. The van der Waals surface area contributed by atoms with E-state index in [2.05, 4.69) is 52.0 Å². The molecule has 2 aromatic rings. The van der Waals surface area contributed by atoms with E-state index >= 15 is 0 Å². The first-order chi connectivity index (χ1) is 13.9. The normalized spacial score (nSPS) is 30.6. The average molecular weight is 395 g/mol. The third-order valence-corrected chi connectivity index (χ3v) is 8.46. The number of nitrogens with one attached hydrogen (secondary N) is 1. The lowest BCUT2D eigenvalue weighted by molar-refractivity contribution is 0.0126. The van der Waals surface area contributed by atoms with Gasteiger partial charge in [-0.25, -0.2) is 0 Å². The van der Waals surface area contributed by atoms with E-state index in [-0.39, 0.29) is 0 Å². The zero-order chi connectivity index (χ0) is 18.8. The first kappa shape index (κ1) is 18.8. The molecule has 2 unspecified atom stereocenters. The summed E-state index contributed by atoms with van der Waals surface area (Å²) < 4.78 is 0. The third kappa shape index (κ3) is 3.94. The van der Waals surface area contributed by atoms with Gasteiger partial charge in [-0.1, -0.05) is 49.6 Å². The average Bonchev–Trinajstić information content (AvgIpc) is 3.28. The van der Waals surface area contributed by atoms with Crippen LogP contribution in [0.5, 0.6) is 0 Å². The number of hydrogen-bond acceptors (Lipinski definition) is 3. The second-order valence-electron chi connectivity index (χ2n) is 9.16. The monoisotopic (exact) mass is 394 g/mol. The van der Waals surface area contributed by atoms with Crippen molar-refractivity contribution in [2.45, 2.75) is 75.9 Å². The summed E-state index contributed by atoms with van der Waals surface area (Å²) >= 11 is 1.88. The number of nitrogens with zero attached hydrogens (tertiary/aromatic N) is 1. The molecule has 4 heterocycles. The Labute approximate surface area is 174 Å². The van der Waals surface area contributed by atoms with Gasteiger partial charge in [0.05, 0.1) is 0 Å². The standard InChI is InChI=1S/C25H34N2S/c1-2-7-19(8-3-1)23-11-5-4-9-21(23)17-24-25(20-12-14-27(24)15-13-20)26-18-22-10-6-16-28-22/h4-6,9-11,16,19-20,24-26H,1-3,7-8,12-15,17-18H2. The third-order valence-electron chi connectivity index (χ3n) is 7.59. The molecule has 2 bridgehead atoms. The highest BCUT2D eigenvalue weighted by molar-refractivity contribution is 7.09. The molecule has 1 saturated carbocycles. The molecule has 1 aromatic heterocycles. The summed E-state index contributed by atoms with van der Waals surface area (Å²) in [5.74, 6) is 1.66. The Morgan fingerprint density at radius 1 is 0.929 bits per heavy atom. The van der Waals surface area contributed by atoms with Crippen LogP contribution >= 0.6 is 11.3 Å². The van der Waals surface area contributed by atoms with E-state index in [0.29, 0.717) is 12.1 Å². The summed E-state index contributed by atoms with van der Waals surface area (Å²) in [6, 6.07) is 15.2. The summed E-state index contributed by atoms with van der Waals surface area (Å²) in [6.45, 7) is 3.64. The molecule has 4 aliphatic rings. The van der Waals surface area contributed by atoms with E-state index in [4.69, 9.17) is 0 Å². The van der Waals surface area contributed by atoms with Gasteiger partial charge in [0.1, 0.15) is 0 Å². The maximum Gasteiger partial charge on any atom is 0.0303 e. The second-order valence-corrected chi connectivity index (χ2v) is 10.2. The summed E-state index contributed by atoms with van der Waals surface area (Å²) in [5, 5.41) is 6.19. The van der Waals surface area contributed by atoms with Crippen LogP contribution in [0.1, 0.15) is 66.9 Å². The number of piperidine rings is 3. The molecule has 1 aromatic carbocycles. The van der Waals surface area contributed by atoms with Crippen molar-refractivity contribution in [1.29, 1.82) is 0 Å². The molecule has 0 amide bonds. The zero-order valence-electron chi connectivity index (χ0n) is 17.0. The minimum absolute atomic E-state index is 0.643. The van der Waals surface area contributed by atoms with E-state index in [0.717, 1.165) is 18.4 Å². The van der Waals surface area contributed by atoms with Gasteiger partial charge in [0, 0.05) is 23.5 Å². The highest BCUT2D eigenvalue weighted by atomic mass is 32.1. The number of hydrogen-bond donors (Lipinski definition) is 1. The van der Waals surface area contributed by atoms with Gasteiger partial charge >= 0.3 is 0 Å². The summed E-state index contributed by atoms with van der Waals surface area (Å²) in [4.78, 5) is 4.27. The molecule has 3 saturated heterocycles. The lowest BCUT2D eigenvalue weighted by Gasteiger charge is -2.51. The van der Waals surface area contributed by atoms with E-state index < -0.39 is 0 Å². The van der Waals surface area contributed by atoms with Gasteiger partial charge in [0.2, 0.25) is 0 Å². The van der Waals surface area contributed by atoms with Gasteiger partial charge in [-0.05, 0) is 79.6 Å². The van der Waals surface area contributed by atoms with Crippen molar-refractivity contribution in [3.63, 3.8) is 0 Å². The van der Waals surface area contributed by atoms with Crippen LogP contribution < -0.4 is 5.32 Å². The number of thiophene rings is 1. The molecule has 1 aliphatic carbocycles. The lowest BCUT2D eigenvalue weighted by atomic mass is 9.75. The zero-order valence-corrected chi connectivity index (χ0v) is 17.8. The molecule has 150 valence electrons. The van der Waals surface area contributed by atoms with Crippen LogP contribution in [0.2, 0.25) is 0 Å². The quantitative estimate of drug-likeness (QED) is 0.687. The Morgan fingerprint density at radius 2 is 1.75 bits per heavy atom. The fourth-order valence-electron chi connectivity index (χ4n) is 6.10. The maximum absolute atomic E-state index is 3.99. The molecular weight excluding hydrogens is 360 g/mol. The number of rotatable bonds is 6. The minimum atomic E-state index is 0.643. The van der Waals surface area contributed by atoms with Crippen LogP contribution in [-0.4, -0.2) is 30.1 Å². The molecule has 28 heavy (non-hydrogen) atoms. The van der Waals surface area contributed by atoms with Crippen molar-refractivity contribution in [3.8, 4) is 0 Å². The number of benzene rings is 1. The van der Waals surface area contributed by atoms with Crippen molar-refractivity contribution < 1.29 is 0 Å². The fourth-order valence-corrected chi connectivity index (χ4v) is 6.75. The summed E-state index contributed by atoms with van der Waals surface area (Å²) in [7, 11) is 0. The smallest absolute Gasteiger partial charge is 0.0303 e. The summed E-state index contributed by atoms with van der Waals surface area (Å²) in [6.07, 6.45) is 11.0. The van der Waals surface area contributed by atoms with Crippen molar-refractivity contribution in [2.24, 2.45) is 5.92 Å². The van der Waals surface area contributed by atoms with Crippen molar-refractivity contribution >= 4 is 11.3 Å². The van der Waals surface area contributed by atoms with Crippen LogP contribution in [0, 0.1) is 5.92 Å². The van der Waals surface area contributed by atoms with E-state index in [1.54, 1.807) is 11.1 Å². The molecule has 2 nitrogen and oxygen atoms in total. The summed E-state index contributed by atoms with van der Waals surface area (Å²) in [5.41, 5.74) is 3.30. The Balaban J connectivity index is 1.35. The largest absolute Gasteiger partial charge is 0.307 e. The van der Waals surface area contributed by atoms with Gasteiger partial charge in [-0.15, -0.1) is 11.3 Å². The second kappa shape index (κ2) is 8.69. The van der Waals surface area contributed by atoms with E-state index in [1.165, 1.54) is 69.3 Å². The van der Waals surface area contributed by atoms with E-state index in [9.17, 15) is 0 Å². The Kier molecular flexibility index (Phi) is 5.85. The maximum atomic E-state index is 3.99. The van der Waals surface area contributed by atoms with Crippen LogP contribution in [-0.2, 0) is 13.0 Å². The van der Waals surface area contributed by atoms with Gasteiger partial charge in [-0.3, -0.25) is 4.90 Å². The molecule has 3 aliphatic heterocycles. The van der Waals surface area contributed by atoms with Gasteiger partial charge < -0.3 is 5.32 Å². The molecule has 6 rings (SSSR count). The fraction of sp³-hybridized carbons (Fsp3) is 0.600. The van der Waals surface area contributed by atoms with Crippen molar-refractivity contribution in [3.05, 3.63) is 57.8 Å². The highest BCUT2D eigenvalue weighted by Crippen LogP contribution is 2.38. The first-order valence-electron chi connectivity index (χ1n) is 11.5. The molecule has 0 radical (unpaired) electrons. The first-order valence-corrected chi connectivity index (χ1v) is 12.3. The molecular formula is C25H34N2S. The van der Waals surface area contributed by atoms with Crippen molar-refractivity contribution in [1.82, 2.24) is 10.2 Å². The highest BCUT2D eigenvalue weighted by Gasteiger charge is 2.42. The van der Waals surface area contributed by atoms with Gasteiger partial charge in [0.25, 0.3) is 0 Å². The van der Waals surface area contributed by atoms with Gasteiger partial charge in [-0.2, -0.15) is 0 Å². The predicted octanol–water partition coefficient (Wildman–Crippen LogP) is 5.59. The van der Waals surface area contributed by atoms with Crippen LogP contribution in [0.15, 0.2) is 41.8 Å². The van der Waals surface area contributed by atoms with Crippen LogP contribution in [0.3, 0.4) is 0 Å². The molecule has 1 N–H and O–H groups in total. The lowest BCUT2D eigenvalue weighted by Crippen LogP contribution is -2.63. The topological polar surface area (TPSA) is 15.3 Å². The Bertz CT molecular complexity index is 742. The Hall–Kier alpha value is -1.16. The van der Waals surface area contributed by atoms with E-state index in [1.807, 2.05) is 11.3 Å². The van der Waals surface area contributed by atoms with Gasteiger partial charge in [0.15, 0.2) is 0 Å². The Morgan fingerprint density at radius 3 is 2.54 bits per heavy atom. The molecule has 0 spiro atoms. The molecule has 4 fully saturated rings. The van der Waals surface area contributed by atoms with Crippen molar-refractivity contribution in [2.75, 3.05) is 13.1 Å². The molecule has 3 heteroatoms. The number of fused-ring (bicyclic) bond motifs is 3. The molecule has 2 atom stereocenters. The minimum Gasteiger partial charge on any atom is -0.307 e.